The first kappa shape index (κ1) is 16.4. The third-order valence-corrected chi connectivity index (χ3v) is 4.70. The number of carbonyl (C=O) groups is 1. The Balaban J connectivity index is 2.36. The smallest absolute Gasteiger partial charge is 0.222 e. The molecule has 2 N–H and O–H groups in total. The normalized spacial score (nSPS) is 19.1. The summed E-state index contributed by atoms with van der Waals surface area (Å²) in [4.78, 5) is 16.4. The predicted octanol–water partition coefficient (Wildman–Crippen LogP) is 1.69. The minimum atomic E-state index is 0.229. The molecule has 0 saturated heterocycles. The molecule has 1 aliphatic carbocycles. The average Bonchev–Trinajstić information content (AvgIpc) is 2.30. The van der Waals surface area contributed by atoms with Gasteiger partial charge in [0.2, 0.25) is 5.91 Å². The molecule has 4 nitrogen and oxygen atoms in total. The van der Waals surface area contributed by atoms with Gasteiger partial charge in [0.1, 0.15) is 0 Å². The Morgan fingerprint density at radius 3 is 2.32 bits per heavy atom. The molecule has 0 heterocycles. The van der Waals surface area contributed by atoms with E-state index in [0.29, 0.717) is 12.3 Å². The summed E-state index contributed by atoms with van der Waals surface area (Å²) in [6.07, 6.45) is 6.32. The molecule has 0 aromatic heterocycles. The van der Waals surface area contributed by atoms with Crippen molar-refractivity contribution in [3.05, 3.63) is 0 Å². The Kier molecular flexibility index (Phi) is 6.27. The highest BCUT2D eigenvalue weighted by Crippen LogP contribution is 2.36. The Bertz CT molecular complexity index is 287. The molecule has 1 atom stereocenters. The summed E-state index contributed by atoms with van der Waals surface area (Å²) in [6.45, 7) is 3.76. The van der Waals surface area contributed by atoms with Gasteiger partial charge in [0.25, 0.3) is 0 Å². The number of nitrogens with two attached hydrogens (primary N) is 1. The topological polar surface area (TPSA) is 49.6 Å². The average molecular weight is 269 g/mol. The lowest BCUT2D eigenvalue weighted by atomic mass is 9.75. The van der Waals surface area contributed by atoms with Crippen molar-refractivity contribution < 1.29 is 4.79 Å². The van der Waals surface area contributed by atoms with Gasteiger partial charge in [-0.15, -0.1) is 0 Å². The number of rotatable bonds is 8. The van der Waals surface area contributed by atoms with Crippen LogP contribution < -0.4 is 5.73 Å². The van der Waals surface area contributed by atoms with Crippen LogP contribution in [-0.4, -0.2) is 55.5 Å². The van der Waals surface area contributed by atoms with Gasteiger partial charge >= 0.3 is 0 Å². The summed E-state index contributed by atoms with van der Waals surface area (Å²) in [5.74, 6) is 0.825. The van der Waals surface area contributed by atoms with Crippen LogP contribution in [0.4, 0.5) is 0 Å². The van der Waals surface area contributed by atoms with E-state index >= 15 is 0 Å². The SMILES string of the molecule is CC(CCN)CCC(=O)N(C)CC1(N(C)C)CCC1. The molecule has 1 unspecified atom stereocenters. The van der Waals surface area contributed by atoms with E-state index in [-0.39, 0.29) is 11.4 Å². The van der Waals surface area contributed by atoms with Gasteiger partial charge < -0.3 is 15.5 Å². The van der Waals surface area contributed by atoms with Crippen molar-refractivity contribution in [3.8, 4) is 0 Å². The maximum atomic E-state index is 12.2. The molecule has 0 spiro atoms. The summed E-state index contributed by atoms with van der Waals surface area (Å²) in [5.41, 5.74) is 5.77. The minimum Gasteiger partial charge on any atom is -0.344 e. The second kappa shape index (κ2) is 7.25. The highest BCUT2D eigenvalue weighted by atomic mass is 16.2. The fourth-order valence-electron chi connectivity index (χ4n) is 2.85. The van der Waals surface area contributed by atoms with Crippen LogP contribution in [0.5, 0.6) is 0 Å². The number of hydrogen-bond donors (Lipinski definition) is 1. The first-order valence-electron chi connectivity index (χ1n) is 7.53. The van der Waals surface area contributed by atoms with E-state index in [1.165, 1.54) is 19.3 Å². The largest absolute Gasteiger partial charge is 0.344 e. The minimum absolute atomic E-state index is 0.229. The Labute approximate surface area is 118 Å². The lowest BCUT2D eigenvalue weighted by Gasteiger charge is -2.49. The molecule has 1 saturated carbocycles. The Hall–Kier alpha value is -0.610. The van der Waals surface area contributed by atoms with Gasteiger partial charge in [-0.25, -0.2) is 0 Å². The van der Waals surface area contributed by atoms with Gasteiger partial charge in [-0.3, -0.25) is 4.79 Å². The second-order valence-corrected chi connectivity index (χ2v) is 6.44. The van der Waals surface area contributed by atoms with Crippen LogP contribution in [-0.2, 0) is 4.79 Å². The van der Waals surface area contributed by atoms with E-state index in [1.54, 1.807) is 0 Å². The summed E-state index contributed by atoms with van der Waals surface area (Å²) < 4.78 is 0. The van der Waals surface area contributed by atoms with E-state index in [4.69, 9.17) is 5.73 Å². The zero-order valence-electron chi connectivity index (χ0n) is 13.1. The molecule has 1 fully saturated rings. The molecule has 0 bridgehead atoms. The van der Waals surface area contributed by atoms with Crippen molar-refractivity contribution in [2.24, 2.45) is 11.7 Å². The van der Waals surface area contributed by atoms with Crippen molar-refractivity contribution in [1.82, 2.24) is 9.80 Å². The molecular weight excluding hydrogens is 238 g/mol. The van der Waals surface area contributed by atoms with Crippen LogP contribution in [0.1, 0.15) is 45.4 Å². The zero-order chi connectivity index (χ0) is 14.5. The third-order valence-electron chi connectivity index (χ3n) is 4.70. The standard InChI is InChI=1S/C15H31N3O/c1-13(8-11-16)6-7-14(19)18(4)12-15(17(2)3)9-5-10-15/h13H,5-12,16H2,1-4H3. The van der Waals surface area contributed by atoms with Gasteiger partial charge in [-0.05, 0) is 58.7 Å². The Morgan fingerprint density at radius 2 is 1.89 bits per heavy atom. The monoisotopic (exact) mass is 269 g/mol. The van der Waals surface area contributed by atoms with E-state index < -0.39 is 0 Å². The second-order valence-electron chi connectivity index (χ2n) is 6.44. The van der Waals surface area contributed by atoms with E-state index in [9.17, 15) is 4.79 Å². The molecule has 19 heavy (non-hydrogen) atoms. The quantitative estimate of drug-likeness (QED) is 0.729. The number of amides is 1. The highest BCUT2D eigenvalue weighted by Gasteiger charge is 2.40. The molecule has 112 valence electrons. The number of nitrogens with zero attached hydrogens (tertiary/aromatic N) is 2. The lowest BCUT2D eigenvalue weighted by Crippen LogP contribution is -2.57. The van der Waals surface area contributed by atoms with Crippen molar-refractivity contribution >= 4 is 5.91 Å². The first-order chi connectivity index (χ1) is 8.91. The third kappa shape index (κ3) is 4.46. The van der Waals surface area contributed by atoms with Crippen molar-refractivity contribution in [2.75, 3.05) is 34.2 Å². The molecule has 1 rings (SSSR count). The van der Waals surface area contributed by atoms with Crippen LogP contribution in [0.15, 0.2) is 0 Å². The molecule has 4 heteroatoms. The lowest BCUT2D eigenvalue weighted by molar-refractivity contribution is -0.133. The molecule has 0 aromatic rings. The van der Waals surface area contributed by atoms with Gasteiger partial charge in [-0.2, -0.15) is 0 Å². The van der Waals surface area contributed by atoms with E-state index in [2.05, 4.69) is 25.9 Å². The molecule has 1 aliphatic rings. The summed E-state index contributed by atoms with van der Waals surface area (Å²) >= 11 is 0. The number of carbonyl (C=O) groups excluding carboxylic acids is 1. The molecule has 0 aromatic carbocycles. The van der Waals surface area contributed by atoms with Gasteiger partial charge in [0.05, 0.1) is 0 Å². The van der Waals surface area contributed by atoms with E-state index in [0.717, 1.165) is 25.9 Å². The summed E-state index contributed by atoms with van der Waals surface area (Å²) in [6, 6.07) is 0. The molecule has 1 amide bonds. The maximum Gasteiger partial charge on any atom is 0.222 e. The van der Waals surface area contributed by atoms with Crippen molar-refractivity contribution in [3.63, 3.8) is 0 Å². The fraction of sp³-hybridized carbons (Fsp3) is 0.933. The van der Waals surface area contributed by atoms with Crippen LogP contribution >= 0.6 is 0 Å². The van der Waals surface area contributed by atoms with Crippen LogP contribution in [0, 0.1) is 5.92 Å². The zero-order valence-corrected chi connectivity index (χ0v) is 13.1. The first-order valence-corrected chi connectivity index (χ1v) is 7.53. The maximum absolute atomic E-state index is 12.2. The summed E-state index contributed by atoms with van der Waals surface area (Å²) in [5, 5.41) is 0. The van der Waals surface area contributed by atoms with E-state index in [1.807, 2.05) is 11.9 Å². The van der Waals surface area contributed by atoms with Gasteiger partial charge in [0.15, 0.2) is 0 Å². The van der Waals surface area contributed by atoms with Crippen LogP contribution in [0.2, 0.25) is 0 Å². The highest BCUT2D eigenvalue weighted by molar-refractivity contribution is 5.76. The number of likely N-dealkylation sites (N-methyl/N-ethyl adjacent to an activating group) is 2. The molecular formula is C15H31N3O. The van der Waals surface area contributed by atoms with Crippen LogP contribution in [0.3, 0.4) is 0 Å². The predicted molar refractivity (Wildman–Crippen MR) is 80.0 cm³/mol. The summed E-state index contributed by atoms with van der Waals surface area (Å²) in [7, 11) is 6.20. The molecule has 0 radical (unpaired) electrons. The Morgan fingerprint density at radius 1 is 1.26 bits per heavy atom. The van der Waals surface area contributed by atoms with Gasteiger partial charge in [-0.1, -0.05) is 6.92 Å². The van der Waals surface area contributed by atoms with Gasteiger partial charge in [0, 0.05) is 25.6 Å². The fourth-order valence-corrected chi connectivity index (χ4v) is 2.85. The van der Waals surface area contributed by atoms with Crippen LogP contribution in [0.25, 0.3) is 0 Å². The number of hydrogen-bond acceptors (Lipinski definition) is 3. The molecule has 0 aliphatic heterocycles. The van der Waals surface area contributed by atoms with Crippen molar-refractivity contribution in [2.45, 2.75) is 51.0 Å². The van der Waals surface area contributed by atoms with Crippen molar-refractivity contribution in [1.29, 1.82) is 0 Å².